The molecule has 1 N–H and O–H groups in total. The van der Waals surface area contributed by atoms with Crippen molar-refractivity contribution in [3.8, 4) is 0 Å². The summed E-state index contributed by atoms with van der Waals surface area (Å²) >= 11 is 3.54. The fraction of sp³-hybridized carbons (Fsp3) is 0.480. The van der Waals surface area contributed by atoms with Gasteiger partial charge in [-0.2, -0.15) is 0 Å². The number of alkyl halides is 2. The largest absolute Gasteiger partial charge is 0.307 e. The molecule has 0 bridgehead atoms. The number of benzene rings is 2. The third kappa shape index (κ3) is 5.08. The Kier molecular flexibility index (Phi) is 6.82. The predicted molar refractivity (Wildman–Crippen MR) is 131 cm³/mol. The molecular formula is C25H29BrF2N2O2S. The molecule has 4 nitrogen and oxygen atoms in total. The molecule has 1 aliphatic carbocycles. The Morgan fingerprint density at radius 3 is 2.52 bits per heavy atom. The van der Waals surface area contributed by atoms with Crippen molar-refractivity contribution < 1.29 is 17.8 Å². The van der Waals surface area contributed by atoms with Crippen LogP contribution in [0.3, 0.4) is 0 Å². The Hall–Kier alpha value is -1.64. The average Bonchev–Trinajstić information content (AvgIpc) is 3.05. The SMILES string of the molecule is CC(C)(C)NS(=O)c1cccc(C(=O)N2CC3(CCC(C(F)F)CC3)c3cc(Br)ccc32)c1. The molecule has 0 saturated heterocycles. The summed E-state index contributed by atoms with van der Waals surface area (Å²) in [5.41, 5.74) is 1.69. The van der Waals surface area contributed by atoms with Crippen molar-refractivity contribution in [2.75, 3.05) is 11.4 Å². The Morgan fingerprint density at radius 1 is 1.18 bits per heavy atom. The average molecular weight is 539 g/mol. The number of nitrogens with zero attached hydrogens (tertiary/aromatic N) is 1. The van der Waals surface area contributed by atoms with Crippen LogP contribution in [0.5, 0.6) is 0 Å². The van der Waals surface area contributed by atoms with Gasteiger partial charge in [0.2, 0.25) is 6.43 Å². The van der Waals surface area contributed by atoms with Crippen LogP contribution >= 0.6 is 15.9 Å². The van der Waals surface area contributed by atoms with Crippen LogP contribution in [-0.4, -0.2) is 28.6 Å². The van der Waals surface area contributed by atoms with Crippen molar-refractivity contribution in [2.24, 2.45) is 5.92 Å². The molecule has 33 heavy (non-hydrogen) atoms. The summed E-state index contributed by atoms with van der Waals surface area (Å²) in [5, 5.41) is 0. The minimum Gasteiger partial charge on any atom is -0.307 e. The Balaban J connectivity index is 1.63. The van der Waals surface area contributed by atoms with Gasteiger partial charge in [-0.1, -0.05) is 22.0 Å². The summed E-state index contributed by atoms with van der Waals surface area (Å²) in [6, 6.07) is 12.8. The van der Waals surface area contributed by atoms with Crippen molar-refractivity contribution in [1.29, 1.82) is 0 Å². The molecule has 8 heteroatoms. The summed E-state index contributed by atoms with van der Waals surface area (Å²) in [7, 11) is -1.45. The second-order valence-corrected chi connectivity index (χ2v) is 12.3. The summed E-state index contributed by atoms with van der Waals surface area (Å²) in [6.07, 6.45) is -0.116. The van der Waals surface area contributed by atoms with Crippen LogP contribution in [0.4, 0.5) is 14.5 Å². The highest BCUT2D eigenvalue weighted by molar-refractivity contribution is 9.10. The molecular weight excluding hydrogens is 510 g/mol. The molecule has 178 valence electrons. The van der Waals surface area contributed by atoms with Crippen molar-refractivity contribution in [3.63, 3.8) is 0 Å². The number of hydrogen-bond acceptors (Lipinski definition) is 2. The van der Waals surface area contributed by atoms with Crippen molar-refractivity contribution >= 4 is 38.5 Å². The standard InChI is InChI=1S/C25H29BrF2N2O2S/c1-24(2,3)29-33(32)19-6-4-5-17(13-19)23(31)30-15-25(11-9-16(10-12-25)22(27)28)20-14-18(26)7-8-21(20)30/h4-8,13-14,16,22,29H,9-12,15H2,1-3H3. The van der Waals surface area contributed by atoms with Gasteiger partial charge < -0.3 is 4.90 Å². The monoisotopic (exact) mass is 538 g/mol. The summed E-state index contributed by atoms with van der Waals surface area (Å²) < 4.78 is 43.2. The predicted octanol–water partition coefficient (Wildman–Crippen LogP) is 6.21. The van der Waals surface area contributed by atoms with Crippen LogP contribution in [0.1, 0.15) is 62.4 Å². The third-order valence-electron chi connectivity index (χ3n) is 6.56. The van der Waals surface area contributed by atoms with Crippen molar-refractivity contribution in [1.82, 2.24) is 4.72 Å². The number of fused-ring (bicyclic) bond motifs is 2. The van der Waals surface area contributed by atoms with E-state index in [1.165, 1.54) is 0 Å². The van der Waals surface area contributed by atoms with E-state index in [9.17, 15) is 17.8 Å². The van der Waals surface area contributed by atoms with E-state index in [2.05, 4.69) is 20.7 Å². The van der Waals surface area contributed by atoms with Gasteiger partial charge in [-0.15, -0.1) is 0 Å². The number of carbonyl (C=O) groups excluding carboxylic acids is 1. The normalized spacial score (nSPS) is 23.7. The number of rotatable bonds is 4. The summed E-state index contributed by atoms with van der Waals surface area (Å²) in [4.78, 5) is 15.9. The smallest absolute Gasteiger partial charge is 0.258 e. The number of amides is 1. The van der Waals surface area contributed by atoms with E-state index in [0.29, 0.717) is 42.7 Å². The van der Waals surface area contributed by atoms with E-state index in [1.54, 1.807) is 29.2 Å². The molecule has 1 unspecified atom stereocenters. The molecule has 1 fully saturated rings. The number of carbonyl (C=O) groups is 1. The molecule has 2 aliphatic rings. The van der Waals surface area contributed by atoms with E-state index >= 15 is 0 Å². The maximum absolute atomic E-state index is 13.6. The number of nitrogens with one attached hydrogen (secondary N) is 1. The highest BCUT2D eigenvalue weighted by Gasteiger charge is 2.47. The van der Waals surface area contributed by atoms with E-state index < -0.39 is 23.3 Å². The quantitative estimate of drug-likeness (QED) is 0.502. The van der Waals surface area contributed by atoms with Crippen LogP contribution in [0, 0.1) is 5.92 Å². The van der Waals surface area contributed by atoms with Gasteiger partial charge >= 0.3 is 0 Å². The minimum absolute atomic E-state index is 0.166. The lowest BCUT2D eigenvalue weighted by molar-refractivity contribution is 0.0423. The first kappa shape index (κ1) is 24.5. The molecule has 1 atom stereocenters. The van der Waals surface area contributed by atoms with Crippen LogP contribution < -0.4 is 9.62 Å². The molecule has 0 radical (unpaired) electrons. The van der Waals surface area contributed by atoms with Crippen LogP contribution in [0.15, 0.2) is 51.8 Å². The highest BCUT2D eigenvalue weighted by Crippen LogP contribution is 2.52. The lowest BCUT2D eigenvalue weighted by atomic mass is 9.68. The number of anilines is 1. The van der Waals surface area contributed by atoms with Crippen molar-refractivity contribution in [3.05, 3.63) is 58.1 Å². The number of hydrogen-bond donors (Lipinski definition) is 1. The van der Waals surface area contributed by atoms with Crippen LogP contribution in [0.25, 0.3) is 0 Å². The minimum atomic E-state index is -2.30. The van der Waals surface area contributed by atoms with Crippen LogP contribution in [0.2, 0.25) is 0 Å². The molecule has 2 aromatic rings. The van der Waals surface area contributed by atoms with Gasteiger partial charge in [0.1, 0.15) is 11.0 Å². The molecule has 2 aromatic carbocycles. The maximum atomic E-state index is 13.6. The van der Waals surface area contributed by atoms with E-state index in [0.717, 1.165) is 15.7 Å². The highest BCUT2D eigenvalue weighted by atomic mass is 79.9. The second-order valence-electron chi connectivity index (χ2n) is 10.2. The van der Waals surface area contributed by atoms with Gasteiger partial charge in [0.15, 0.2) is 0 Å². The molecule has 4 rings (SSSR count). The van der Waals surface area contributed by atoms with Gasteiger partial charge in [-0.25, -0.2) is 17.7 Å². The van der Waals surface area contributed by atoms with Gasteiger partial charge in [0.05, 0.1) is 4.90 Å². The zero-order chi connectivity index (χ0) is 24.0. The van der Waals surface area contributed by atoms with Crippen molar-refractivity contribution in [2.45, 2.75) is 68.7 Å². The zero-order valence-corrected chi connectivity index (χ0v) is 21.4. The molecule has 0 aromatic heterocycles. The van der Waals surface area contributed by atoms with Gasteiger partial charge in [0, 0.05) is 39.1 Å². The fourth-order valence-corrected chi connectivity index (χ4v) is 6.40. The van der Waals surface area contributed by atoms with E-state index in [4.69, 9.17) is 0 Å². The lowest BCUT2D eigenvalue weighted by Gasteiger charge is -2.37. The molecule has 1 spiro atoms. The molecule has 1 saturated carbocycles. The topological polar surface area (TPSA) is 49.4 Å². The third-order valence-corrected chi connectivity index (χ3v) is 8.54. The summed E-state index contributed by atoms with van der Waals surface area (Å²) in [6.45, 7) is 6.27. The van der Waals surface area contributed by atoms with Gasteiger partial charge in [-0.3, -0.25) is 4.79 Å². The first-order chi connectivity index (χ1) is 15.5. The molecule has 1 aliphatic heterocycles. The Labute approximate surface area is 204 Å². The lowest BCUT2D eigenvalue weighted by Crippen LogP contribution is -2.40. The fourth-order valence-electron chi connectivity index (χ4n) is 4.93. The van der Waals surface area contributed by atoms with Crippen LogP contribution in [-0.2, 0) is 16.4 Å². The first-order valence-corrected chi connectivity index (χ1v) is 13.1. The maximum Gasteiger partial charge on any atom is 0.258 e. The first-order valence-electron chi connectivity index (χ1n) is 11.2. The number of halogens is 3. The zero-order valence-electron chi connectivity index (χ0n) is 19.0. The van der Waals surface area contributed by atoms with Gasteiger partial charge in [0.25, 0.3) is 5.91 Å². The van der Waals surface area contributed by atoms with E-state index in [-0.39, 0.29) is 16.9 Å². The molecule has 1 amide bonds. The summed E-state index contributed by atoms with van der Waals surface area (Å²) in [5.74, 6) is -0.737. The second kappa shape index (κ2) is 9.19. The van der Waals surface area contributed by atoms with Gasteiger partial charge in [-0.05, 0) is 88.4 Å². The van der Waals surface area contributed by atoms with E-state index in [1.807, 2.05) is 39.0 Å². The Morgan fingerprint density at radius 2 is 1.88 bits per heavy atom. The molecule has 1 heterocycles. The Bertz CT molecular complexity index is 1080.